The van der Waals surface area contributed by atoms with Gasteiger partial charge in [-0.3, -0.25) is 4.79 Å². The van der Waals surface area contributed by atoms with Crippen molar-refractivity contribution >= 4 is 17.4 Å². The number of benzene rings is 1. The number of aromatic nitrogens is 2. The normalized spacial score (nSPS) is 10.4. The molecule has 2 heterocycles. The minimum absolute atomic E-state index is 0.275. The molecule has 122 valence electrons. The van der Waals surface area contributed by atoms with Crippen molar-refractivity contribution in [3.8, 4) is 0 Å². The number of carbonyl (C=O) groups is 1. The van der Waals surface area contributed by atoms with Gasteiger partial charge in [0, 0.05) is 11.8 Å². The van der Waals surface area contributed by atoms with Gasteiger partial charge in [0.15, 0.2) is 0 Å². The third-order valence-corrected chi connectivity index (χ3v) is 3.54. The fourth-order valence-corrected chi connectivity index (χ4v) is 2.19. The first kappa shape index (κ1) is 15.7. The molecule has 24 heavy (non-hydrogen) atoms. The van der Waals surface area contributed by atoms with Crippen molar-refractivity contribution in [2.45, 2.75) is 19.9 Å². The van der Waals surface area contributed by atoms with Crippen LogP contribution in [0.15, 0.2) is 59.5 Å². The average Bonchev–Trinajstić information content (AvgIpc) is 3.14. The van der Waals surface area contributed by atoms with E-state index < -0.39 is 0 Å². The van der Waals surface area contributed by atoms with E-state index in [1.54, 1.807) is 12.3 Å². The van der Waals surface area contributed by atoms with Crippen molar-refractivity contribution in [1.29, 1.82) is 0 Å². The Balaban J connectivity index is 1.64. The summed E-state index contributed by atoms with van der Waals surface area (Å²) in [5, 5.41) is 5.93. The highest BCUT2D eigenvalue weighted by atomic mass is 16.3. The molecule has 2 aromatic heterocycles. The Morgan fingerprint density at radius 3 is 2.71 bits per heavy atom. The van der Waals surface area contributed by atoms with Gasteiger partial charge in [-0.25, -0.2) is 9.97 Å². The van der Waals surface area contributed by atoms with Crippen LogP contribution in [-0.4, -0.2) is 15.9 Å². The summed E-state index contributed by atoms with van der Waals surface area (Å²) in [7, 11) is 0. The molecular formula is C18H18N4O2. The van der Waals surface area contributed by atoms with Crippen molar-refractivity contribution in [3.05, 3.63) is 72.1 Å². The zero-order valence-electron chi connectivity index (χ0n) is 13.3. The van der Waals surface area contributed by atoms with Crippen LogP contribution in [0.4, 0.5) is 11.5 Å². The van der Waals surface area contributed by atoms with Gasteiger partial charge in [-0.2, -0.15) is 0 Å². The van der Waals surface area contributed by atoms with Crippen LogP contribution < -0.4 is 10.6 Å². The van der Waals surface area contributed by atoms with E-state index in [1.807, 2.05) is 36.4 Å². The number of hydrogen-bond acceptors (Lipinski definition) is 5. The Morgan fingerprint density at radius 1 is 1.17 bits per heavy atom. The number of nitrogens with one attached hydrogen (secondary N) is 2. The molecule has 0 fully saturated rings. The zero-order valence-corrected chi connectivity index (χ0v) is 13.3. The molecule has 0 aliphatic carbocycles. The van der Waals surface area contributed by atoms with Crippen LogP contribution in [0.5, 0.6) is 0 Å². The van der Waals surface area contributed by atoms with E-state index >= 15 is 0 Å². The lowest BCUT2D eigenvalue weighted by Gasteiger charge is -2.07. The van der Waals surface area contributed by atoms with Crippen molar-refractivity contribution in [3.63, 3.8) is 0 Å². The highest BCUT2D eigenvalue weighted by Crippen LogP contribution is 2.13. The van der Waals surface area contributed by atoms with Crippen LogP contribution in [0.25, 0.3) is 0 Å². The molecule has 0 saturated heterocycles. The molecule has 2 N–H and O–H groups in total. The van der Waals surface area contributed by atoms with Gasteiger partial charge in [0.2, 0.25) is 0 Å². The number of furan rings is 1. The third kappa shape index (κ3) is 3.98. The lowest BCUT2D eigenvalue weighted by atomic mass is 10.1. The second-order valence-corrected chi connectivity index (χ2v) is 5.23. The molecule has 0 aliphatic heterocycles. The minimum Gasteiger partial charge on any atom is -0.467 e. The van der Waals surface area contributed by atoms with Gasteiger partial charge in [-0.1, -0.05) is 19.1 Å². The predicted octanol–water partition coefficient (Wildman–Crippen LogP) is 3.50. The summed E-state index contributed by atoms with van der Waals surface area (Å²) in [6.45, 7) is 2.58. The maximum Gasteiger partial charge on any atom is 0.274 e. The maximum absolute atomic E-state index is 12.3. The summed E-state index contributed by atoms with van der Waals surface area (Å²) >= 11 is 0. The summed E-state index contributed by atoms with van der Waals surface area (Å²) in [6, 6.07) is 13.0. The molecule has 0 radical (unpaired) electrons. The fourth-order valence-electron chi connectivity index (χ4n) is 2.19. The van der Waals surface area contributed by atoms with E-state index in [2.05, 4.69) is 27.5 Å². The van der Waals surface area contributed by atoms with E-state index in [0.717, 1.165) is 17.9 Å². The number of aryl methyl sites for hydroxylation is 1. The quantitative estimate of drug-likeness (QED) is 0.726. The molecule has 6 nitrogen and oxygen atoms in total. The monoisotopic (exact) mass is 322 g/mol. The minimum atomic E-state index is -0.275. The van der Waals surface area contributed by atoms with E-state index in [0.29, 0.717) is 18.1 Å². The number of nitrogens with zero attached hydrogens (tertiary/aromatic N) is 2. The lowest BCUT2D eigenvalue weighted by molar-refractivity contribution is 0.102. The zero-order chi connectivity index (χ0) is 16.8. The van der Waals surface area contributed by atoms with Crippen LogP contribution in [0, 0.1) is 0 Å². The van der Waals surface area contributed by atoms with Crippen molar-refractivity contribution in [2.24, 2.45) is 0 Å². The van der Waals surface area contributed by atoms with Crippen LogP contribution in [0.1, 0.15) is 28.7 Å². The molecule has 0 spiro atoms. The summed E-state index contributed by atoms with van der Waals surface area (Å²) in [6.07, 6.45) is 3.93. The molecule has 0 aliphatic rings. The first-order chi connectivity index (χ1) is 11.7. The molecule has 1 aromatic carbocycles. The summed E-state index contributed by atoms with van der Waals surface area (Å²) in [4.78, 5) is 20.4. The Kier molecular flexibility index (Phi) is 4.86. The summed E-state index contributed by atoms with van der Waals surface area (Å²) in [5.74, 6) is 1.08. The fraction of sp³-hybridized carbons (Fsp3) is 0.167. The Morgan fingerprint density at radius 2 is 2.00 bits per heavy atom. The van der Waals surface area contributed by atoms with Crippen LogP contribution in [0.2, 0.25) is 0 Å². The average molecular weight is 322 g/mol. The molecular weight excluding hydrogens is 304 g/mol. The number of carbonyl (C=O) groups excluding carboxylic acids is 1. The number of hydrogen-bond donors (Lipinski definition) is 2. The van der Waals surface area contributed by atoms with Gasteiger partial charge < -0.3 is 15.1 Å². The molecule has 0 unspecified atom stereocenters. The molecule has 3 rings (SSSR count). The Hall–Kier alpha value is -3.15. The van der Waals surface area contributed by atoms with E-state index in [4.69, 9.17) is 4.42 Å². The van der Waals surface area contributed by atoms with Gasteiger partial charge in [0.1, 0.15) is 23.6 Å². The lowest BCUT2D eigenvalue weighted by Crippen LogP contribution is -2.14. The number of amides is 1. The second kappa shape index (κ2) is 7.41. The van der Waals surface area contributed by atoms with Gasteiger partial charge in [0.25, 0.3) is 5.91 Å². The molecule has 0 saturated carbocycles. The predicted molar refractivity (Wildman–Crippen MR) is 91.8 cm³/mol. The van der Waals surface area contributed by atoms with Crippen LogP contribution in [0.3, 0.4) is 0 Å². The summed E-state index contributed by atoms with van der Waals surface area (Å²) < 4.78 is 5.25. The Bertz CT molecular complexity index is 798. The largest absolute Gasteiger partial charge is 0.467 e. The van der Waals surface area contributed by atoms with Gasteiger partial charge >= 0.3 is 0 Å². The summed E-state index contributed by atoms with van der Waals surface area (Å²) in [5.41, 5.74) is 2.26. The van der Waals surface area contributed by atoms with E-state index in [9.17, 15) is 4.79 Å². The number of anilines is 2. The smallest absolute Gasteiger partial charge is 0.274 e. The second-order valence-electron chi connectivity index (χ2n) is 5.23. The van der Waals surface area contributed by atoms with E-state index in [-0.39, 0.29) is 5.91 Å². The van der Waals surface area contributed by atoms with Crippen LogP contribution >= 0.6 is 0 Å². The Labute approximate surface area is 140 Å². The van der Waals surface area contributed by atoms with Crippen LogP contribution in [-0.2, 0) is 13.0 Å². The molecule has 1 amide bonds. The van der Waals surface area contributed by atoms with Gasteiger partial charge in [0.05, 0.1) is 12.8 Å². The highest BCUT2D eigenvalue weighted by molar-refractivity contribution is 6.03. The maximum atomic E-state index is 12.3. The first-order valence-corrected chi connectivity index (χ1v) is 7.73. The van der Waals surface area contributed by atoms with E-state index in [1.165, 1.54) is 11.9 Å². The van der Waals surface area contributed by atoms with Crippen molar-refractivity contribution < 1.29 is 9.21 Å². The van der Waals surface area contributed by atoms with Crippen molar-refractivity contribution in [1.82, 2.24) is 9.97 Å². The molecule has 3 aromatic rings. The SMILES string of the molecule is CCc1ccc(NC(=O)c2cc(NCc3ccco3)ncn2)cc1. The highest BCUT2D eigenvalue weighted by Gasteiger charge is 2.09. The topological polar surface area (TPSA) is 80.0 Å². The van der Waals surface area contributed by atoms with Gasteiger partial charge in [-0.05, 0) is 36.2 Å². The standard InChI is InChI=1S/C18H18N4O2/c1-2-13-5-7-14(8-6-13)22-18(23)16-10-17(21-12-20-16)19-11-15-4-3-9-24-15/h3-10,12H,2,11H2,1H3,(H,22,23)(H,19,20,21). The molecule has 6 heteroatoms. The molecule has 0 bridgehead atoms. The first-order valence-electron chi connectivity index (χ1n) is 7.73. The third-order valence-electron chi connectivity index (χ3n) is 3.54. The van der Waals surface area contributed by atoms with Crippen molar-refractivity contribution in [2.75, 3.05) is 10.6 Å². The van der Waals surface area contributed by atoms with Gasteiger partial charge in [-0.15, -0.1) is 0 Å². The molecule has 0 atom stereocenters. The number of rotatable bonds is 6.